The molecule has 1 aromatic rings. The summed E-state index contributed by atoms with van der Waals surface area (Å²) in [5, 5.41) is 2.64. The van der Waals surface area contributed by atoms with Gasteiger partial charge in [-0.3, -0.25) is 4.79 Å². The van der Waals surface area contributed by atoms with Gasteiger partial charge in [0.25, 0.3) is 0 Å². The summed E-state index contributed by atoms with van der Waals surface area (Å²) in [7, 11) is 0. The highest BCUT2D eigenvalue weighted by molar-refractivity contribution is 5.90. The molecule has 1 aliphatic carbocycles. The van der Waals surface area contributed by atoms with E-state index in [9.17, 15) is 9.18 Å². The van der Waals surface area contributed by atoms with Crippen LogP contribution in [0.5, 0.6) is 0 Å². The van der Waals surface area contributed by atoms with Crippen LogP contribution >= 0.6 is 12.4 Å². The second-order valence-corrected chi connectivity index (χ2v) is 6.56. The Labute approximate surface area is 143 Å². The Balaban J connectivity index is 0.00000192. The first kappa shape index (κ1) is 18.2. The summed E-state index contributed by atoms with van der Waals surface area (Å²) in [6, 6.07) is 6.57. The van der Waals surface area contributed by atoms with Crippen molar-refractivity contribution in [1.82, 2.24) is 4.90 Å². The number of carbonyl (C=O) groups excluding carboxylic acids is 1. The van der Waals surface area contributed by atoms with Crippen molar-refractivity contribution in [2.75, 3.05) is 25.0 Å². The fourth-order valence-corrected chi connectivity index (χ4v) is 3.83. The number of fused-ring (bicyclic) bond motifs is 1. The quantitative estimate of drug-likeness (QED) is 0.885. The smallest absolute Gasteiger partial charge is 0.225 e. The Morgan fingerprint density at radius 2 is 2.09 bits per heavy atom. The van der Waals surface area contributed by atoms with Crippen LogP contribution in [0.1, 0.15) is 25.7 Å². The van der Waals surface area contributed by atoms with E-state index < -0.39 is 5.82 Å². The molecule has 3 rings (SSSR count). The van der Waals surface area contributed by atoms with Crippen molar-refractivity contribution in [1.29, 1.82) is 0 Å². The third-order valence-corrected chi connectivity index (χ3v) is 5.03. The lowest BCUT2D eigenvalue weighted by molar-refractivity contribution is -0.116. The molecule has 4 nitrogen and oxygen atoms in total. The molecule has 0 spiro atoms. The zero-order valence-electron chi connectivity index (χ0n) is 13.2. The van der Waals surface area contributed by atoms with Gasteiger partial charge in [-0.05, 0) is 36.8 Å². The number of hydrogen-bond donors (Lipinski definition) is 2. The van der Waals surface area contributed by atoms with Crippen LogP contribution in [0.4, 0.5) is 10.1 Å². The summed E-state index contributed by atoms with van der Waals surface area (Å²) in [5.74, 6) is 0.750. The monoisotopic (exact) mass is 341 g/mol. The predicted octanol–water partition coefficient (Wildman–Crippen LogP) is 2.64. The molecule has 1 heterocycles. The summed E-state index contributed by atoms with van der Waals surface area (Å²) in [6.07, 6.45) is 4.01. The number of hydrogen-bond acceptors (Lipinski definition) is 3. The Morgan fingerprint density at radius 3 is 2.83 bits per heavy atom. The Morgan fingerprint density at radius 1 is 1.30 bits per heavy atom. The zero-order chi connectivity index (χ0) is 15.5. The fourth-order valence-electron chi connectivity index (χ4n) is 3.83. The number of benzene rings is 1. The van der Waals surface area contributed by atoms with Gasteiger partial charge in [0.15, 0.2) is 0 Å². The zero-order valence-corrected chi connectivity index (χ0v) is 14.0. The Hall–Kier alpha value is -1.17. The lowest BCUT2D eigenvalue weighted by Gasteiger charge is -2.29. The molecule has 128 valence electrons. The molecule has 0 aromatic heterocycles. The third kappa shape index (κ3) is 4.43. The average Bonchev–Trinajstić information content (AvgIpc) is 2.92. The normalized spacial score (nSPS) is 27.1. The summed E-state index contributed by atoms with van der Waals surface area (Å²) in [4.78, 5) is 14.3. The number of para-hydroxylation sites is 1. The molecule has 6 heteroatoms. The summed E-state index contributed by atoms with van der Waals surface area (Å²) < 4.78 is 13.5. The second kappa shape index (κ2) is 8.08. The molecule has 2 aliphatic rings. The number of amides is 1. The molecule has 0 radical (unpaired) electrons. The molecule has 1 aromatic carbocycles. The van der Waals surface area contributed by atoms with Crippen LogP contribution < -0.4 is 11.1 Å². The van der Waals surface area contributed by atoms with Crippen LogP contribution in [0.25, 0.3) is 0 Å². The topological polar surface area (TPSA) is 58.4 Å². The lowest BCUT2D eigenvalue weighted by Crippen LogP contribution is -2.38. The summed E-state index contributed by atoms with van der Waals surface area (Å²) >= 11 is 0. The van der Waals surface area contributed by atoms with E-state index in [1.165, 1.54) is 18.9 Å². The van der Waals surface area contributed by atoms with Crippen LogP contribution in [0, 0.1) is 17.7 Å². The third-order valence-electron chi connectivity index (χ3n) is 5.03. The van der Waals surface area contributed by atoms with Crippen molar-refractivity contribution in [2.45, 2.75) is 31.7 Å². The van der Waals surface area contributed by atoms with Gasteiger partial charge < -0.3 is 16.0 Å². The standard InChI is InChI=1S/C17H24FN3O.ClH/c18-14-5-1-2-7-16(14)20-17(22)8-9-21-10-12-4-3-6-15(19)13(12)11-21;/h1-2,5,7,12-13,15H,3-4,6,8-11,19H2,(H,20,22);1H. The van der Waals surface area contributed by atoms with Crippen molar-refractivity contribution in [3.8, 4) is 0 Å². The van der Waals surface area contributed by atoms with Crippen molar-refractivity contribution in [3.63, 3.8) is 0 Å². The van der Waals surface area contributed by atoms with E-state index in [-0.39, 0.29) is 24.0 Å². The largest absolute Gasteiger partial charge is 0.327 e. The molecule has 1 amide bonds. The minimum absolute atomic E-state index is 0. The number of nitrogens with one attached hydrogen (secondary N) is 1. The summed E-state index contributed by atoms with van der Waals surface area (Å²) in [6.45, 7) is 2.77. The van der Waals surface area contributed by atoms with Crippen molar-refractivity contribution >= 4 is 24.0 Å². The highest BCUT2D eigenvalue weighted by Gasteiger charge is 2.38. The first-order valence-electron chi connectivity index (χ1n) is 8.16. The van der Waals surface area contributed by atoms with E-state index in [0.29, 0.717) is 24.3 Å². The highest BCUT2D eigenvalue weighted by Crippen LogP contribution is 2.35. The van der Waals surface area contributed by atoms with Crippen LogP contribution in [-0.2, 0) is 4.79 Å². The number of halogens is 2. The fraction of sp³-hybridized carbons (Fsp3) is 0.588. The number of nitrogens with zero attached hydrogens (tertiary/aromatic N) is 1. The minimum atomic E-state index is -0.394. The van der Waals surface area contributed by atoms with Gasteiger partial charge in [-0.1, -0.05) is 18.6 Å². The van der Waals surface area contributed by atoms with Gasteiger partial charge in [-0.2, -0.15) is 0 Å². The van der Waals surface area contributed by atoms with Crippen LogP contribution in [0.3, 0.4) is 0 Å². The Kier molecular flexibility index (Phi) is 6.39. The van der Waals surface area contributed by atoms with E-state index in [2.05, 4.69) is 10.2 Å². The van der Waals surface area contributed by atoms with Crippen LogP contribution in [0.2, 0.25) is 0 Å². The minimum Gasteiger partial charge on any atom is -0.327 e. The number of anilines is 1. The van der Waals surface area contributed by atoms with E-state index in [1.807, 2.05) is 0 Å². The molecule has 3 N–H and O–H groups in total. The van der Waals surface area contributed by atoms with Gasteiger partial charge in [0.05, 0.1) is 5.69 Å². The van der Waals surface area contributed by atoms with Gasteiger partial charge >= 0.3 is 0 Å². The van der Waals surface area contributed by atoms with Crippen molar-refractivity contribution < 1.29 is 9.18 Å². The van der Waals surface area contributed by atoms with E-state index >= 15 is 0 Å². The van der Waals surface area contributed by atoms with Gasteiger partial charge in [-0.25, -0.2) is 4.39 Å². The van der Waals surface area contributed by atoms with E-state index in [0.717, 1.165) is 26.1 Å². The van der Waals surface area contributed by atoms with Crippen LogP contribution in [-0.4, -0.2) is 36.5 Å². The van der Waals surface area contributed by atoms with Gasteiger partial charge in [-0.15, -0.1) is 12.4 Å². The number of carbonyl (C=O) groups is 1. The maximum absolute atomic E-state index is 13.5. The number of rotatable bonds is 4. The van der Waals surface area contributed by atoms with Gasteiger partial charge in [0.1, 0.15) is 5.82 Å². The summed E-state index contributed by atoms with van der Waals surface area (Å²) in [5.41, 5.74) is 6.46. The maximum Gasteiger partial charge on any atom is 0.225 e. The molecule has 1 aliphatic heterocycles. The first-order valence-corrected chi connectivity index (χ1v) is 8.16. The molecule has 0 bridgehead atoms. The average molecular weight is 342 g/mol. The van der Waals surface area contributed by atoms with Crippen molar-refractivity contribution in [2.24, 2.45) is 17.6 Å². The lowest BCUT2D eigenvalue weighted by atomic mass is 9.78. The van der Waals surface area contributed by atoms with Gasteiger partial charge in [0.2, 0.25) is 5.91 Å². The predicted molar refractivity (Wildman–Crippen MR) is 92.1 cm³/mol. The SMILES string of the molecule is Cl.NC1CCCC2CN(CCC(=O)Nc3ccccc3F)CC12. The van der Waals surface area contributed by atoms with Gasteiger partial charge in [0, 0.05) is 32.1 Å². The number of likely N-dealkylation sites (tertiary alicyclic amines) is 1. The van der Waals surface area contributed by atoms with E-state index in [4.69, 9.17) is 5.73 Å². The first-order chi connectivity index (χ1) is 10.6. The molecule has 1 saturated carbocycles. The number of nitrogens with two attached hydrogens (primary N) is 1. The second-order valence-electron chi connectivity index (χ2n) is 6.56. The van der Waals surface area contributed by atoms with Crippen molar-refractivity contribution in [3.05, 3.63) is 30.1 Å². The molecular weight excluding hydrogens is 317 g/mol. The molecule has 2 fully saturated rings. The van der Waals surface area contributed by atoms with Crippen LogP contribution in [0.15, 0.2) is 24.3 Å². The maximum atomic E-state index is 13.5. The molecule has 3 unspecified atom stereocenters. The van der Waals surface area contributed by atoms with E-state index in [1.54, 1.807) is 18.2 Å². The molecule has 3 atom stereocenters. The molecule has 23 heavy (non-hydrogen) atoms. The Bertz CT molecular complexity index is 542. The molecule has 1 saturated heterocycles. The highest BCUT2D eigenvalue weighted by atomic mass is 35.5. The molecular formula is C17H25ClFN3O.